The summed E-state index contributed by atoms with van der Waals surface area (Å²) in [6.45, 7) is 0. The van der Waals surface area contributed by atoms with Crippen molar-refractivity contribution in [3.05, 3.63) is 52.4 Å². The molecule has 0 saturated heterocycles. The second-order valence-electron chi connectivity index (χ2n) is 4.39. The summed E-state index contributed by atoms with van der Waals surface area (Å²) in [7, 11) is 4.66. The van der Waals surface area contributed by atoms with Gasteiger partial charge in [-0.25, -0.2) is 0 Å². The molecule has 110 valence electrons. The Hall–Kier alpha value is -2.76. The zero-order chi connectivity index (χ0) is 15.4. The lowest BCUT2D eigenvalue weighted by atomic mass is 10.2. The second-order valence-corrected chi connectivity index (χ2v) is 4.39. The van der Waals surface area contributed by atoms with E-state index in [1.165, 1.54) is 30.0 Å². The number of ether oxygens (including phenoxy) is 2. The van der Waals surface area contributed by atoms with Gasteiger partial charge in [-0.05, 0) is 18.2 Å². The molecule has 1 amide bonds. The molecular formula is C15H16N2O4. The molecule has 0 aliphatic carbocycles. The summed E-state index contributed by atoms with van der Waals surface area (Å²) in [4.78, 5) is 23.4. The van der Waals surface area contributed by atoms with E-state index in [0.717, 1.165) is 0 Å². The summed E-state index contributed by atoms with van der Waals surface area (Å²) in [5.41, 5.74) is 0.802. The molecule has 1 heterocycles. The smallest absolute Gasteiger partial charge is 0.257 e. The van der Waals surface area contributed by atoms with Gasteiger partial charge in [-0.3, -0.25) is 9.59 Å². The lowest BCUT2D eigenvalue weighted by molar-refractivity contribution is 0.102. The van der Waals surface area contributed by atoms with Crippen molar-refractivity contribution in [2.24, 2.45) is 7.05 Å². The van der Waals surface area contributed by atoms with Gasteiger partial charge in [-0.2, -0.15) is 0 Å². The largest absolute Gasteiger partial charge is 0.493 e. The first-order valence-electron chi connectivity index (χ1n) is 6.25. The van der Waals surface area contributed by atoms with Crippen LogP contribution in [-0.2, 0) is 7.05 Å². The number of anilines is 1. The Bertz CT molecular complexity index is 722. The monoisotopic (exact) mass is 288 g/mol. The Labute approximate surface area is 121 Å². The zero-order valence-electron chi connectivity index (χ0n) is 12.0. The third kappa shape index (κ3) is 3.22. The highest BCUT2D eigenvalue weighted by molar-refractivity contribution is 6.04. The topological polar surface area (TPSA) is 69.6 Å². The van der Waals surface area contributed by atoms with Gasteiger partial charge in [0.05, 0.1) is 19.8 Å². The predicted molar refractivity (Wildman–Crippen MR) is 79.2 cm³/mol. The molecule has 2 rings (SSSR count). The molecule has 0 aliphatic heterocycles. The summed E-state index contributed by atoms with van der Waals surface area (Å²) in [5.74, 6) is 0.797. The molecule has 0 saturated carbocycles. The van der Waals surface area contributed by atoms with Crippen molar-refractivity contribution in [2.75, 3.05) is 19.5 Å². The number of carbonyl (C=O) groups excluding carboxylic acids is 1. The first-order valence-corrected chi connectivity index (χ1v) is 6.25. The summed E-state index contributed by atoms with van der Waals surface area (Å²) >= 11 is 0. The van der Waals surface area contributed by atoms with Crippen molar-refractivity contribution in [2.45, 2.75) is 0 Å². The van der Waals surface area contributed by atoms with Crippen molar-refractivity contribution in [3.63, 3.8) is 0 Å². The van der Waals surface area contributed by atoms with Gasteiger partial charge in [-0.1, -0.05) is 0 Å². The molecule has 21 heavy (non-hydrogen) atoms. The quantitative estimate of drug-likeness (QED) is 0.929. The lowest BCUT2D eigenvalue weighted by Crippen LogP contribution is -2.19. The number of nitrogens with one attached hydrogen (secondary N) is 1. The molecule has 0 bridgehead atoms. The van der Waals surface area contributed by atoms with E-state index in [0.29, 0.717) is 22.7 Å². The fourth-order valence-electron chi connectivity index (χ4n) is 1.85. The van der Waals surface area contributed by atoms with Crippen molar-refractivity contribution in [1.29, 1.82) is 0 Å². The molecular weight excluding hydrogens is 272 g/mol. The van der Waals surface area contributed by atoms with Crippen LogP contribution in [0.2, 0.25) is 0 Å². The number of aromatic nitrogens is 1. The fourth-order valence-corrected chi connectivity index (χ4v) is 1.85. The highest BCUT2D eigenvalue weighted by atomic mass is 16.5. The van der Waals surface area contributed by atoms with E-state index < -0.39 is 0 Å². The first kappa shape index (κ1) is 14.6. The van der Waals surface area contributed by atoms with Crippen LogP contribution in [0.15, 0.2) is 41.3 Å². The van der Waals surface area contributed by atoms with Gasteiger partial charge in [0.2, 0.25) is 5.56 Å². The Morgan fingerprint density at radius 1 is 1.10 bits per heavy atom. The Kier molecular flexibility index (Phi) is 4.27. The number of aryl methyl sites for hydroxylation is 1. The van der Waals surface area contributed by atoms with Crippen LogP contribution < -0.4 is 20.3 Å². The molecule has 1 aromatic carbocycles. The van der Waals surface area contributed by atoms with Crippen LogP contribution in [-0.4, -0.2) is 24.7 Å². The lowest BCUT2D eigenvalue weighted by Gasteiger charge is -2.11. The van der Waals surface area contributed by atoms with Crippen LogP contribution in [0.5, 0.6) is 11.5 Å². The molecule has 0 unspecified atom stereocenters. The number of nitrogens with zero attached hydrogens (tertiary/aromatic N) is 1. The third-order valence-electron chi connectivity index (χ3n) is 2.99. The molecule has 1 aromatic heterocycles. The Morgan fingerprint density at radius 2 is 1.81 bits per heavy atom. The third-order valence-corrected chi connectivity index (χ3v) is 2.99. The number of amides is 1. The van der Waals surface area contributed by atoms with Gasteiger partial charge in [0.25, 0.3) is 5.91 Å². The molecule has 2 aromatic rings. The van der Waals surface area contributed by atoms with Gasteiger partial charge in [0.1, 0.15) is 0 Å². The number of benzene rings is 1. The van der Waals surface area contributed by atoms with E-state index in [1.807, 2.05) is 0 Å². The fraction of sp³-hybridized carbons (Fsp3) is 0.200. The number of methoxy groups -OCH3 is 2. The Balaban J connectivity index is 2.23. The minimum absolute atomic E-state index is 0.169. The Morgan fingerprint density at radius 3 is 2.43 bits per heavy atom. The van der Waals surface area contributed by atoms with Gasteiger partial charge in [-0.15, -0.1) is 0 Å². The normalized spacial score (nSPS) is 10.0. The number of carbonyl (C=O) groups is 1. The average Bonchev–Trinajstić information content (AvgIpc) is 2.49. The number of hydrogen-bond acceptors (Lipinski definition) is 4. The van der Waals surface area contributed by atoms with Crippen LogP contribution in [0.25, 0.3) is 0 Å². The van der Waals surface area contributed by atoms with Crippen LogP contribution in [0.1, 0.15) is 10.4 Å². The SMILES string of the molecule is COc1ccc(NC(=O)c2ccc(=O)n(C)c2)cc1OC. The molecule has 6 heteroatoms. The highest BCUT2D eigenvalue weighted by Crippen LogP contribution is 2.29. The minimum atomic E-state index is -0.308. The van der Waals surface area contributed by atoms with Crippen molar-refractivity contribution >= 4 is 11.6 Å². The van der Waals surface area contributed by atoms with E-state index in [9.17, 15) is 9.59 Å². The van der Waals surface area contributed by atoms with Gasteiger partial charge in [0.15, 0.2) is 11.5 Å². The maximum absolute atomic E-state index is 12.1. The van der Waals surface area contributed by atoms with E-state index >= 15 is 0 Å². The summed E-state index contributed by atoms with van der Waals surface area (Å²) in [6.07, 6.45) is 1.48. The van der Waals surface area contributed by atoms with E-state index in [4.69, 9.17) is 9.47 Å². The minimum Gasteiger partial charge on any atom is -0.493 e. The van der Waals surface area contributed by atoms with Crippen LogP contribution in [0, 0.1) is 0 Å². The molecule has 0 spiro atoms. The molecule has 1 N–H and O–H groups in total. The summed E-state index contributed by atoms with van der Waals surface area (Å²) in [5, 5.41) is 2.74. The van der Waals surface area contributed by atoms with Crippen molar-refractivity contribution in [1.82, 2.24) is 4.57 Å². The molecule has 6 nitrogen and oxygen atoms in total. The first-order chi connectivity index (χ1) is 10.0. The van der Waals surface area contributed by atoms with Gasteiger partial charge in [0, 0.05) is 31.1 Å². The second kappa shape index (κ2) is 6.13. The molecule has 0 radical (unpaired) electrons. The van der Waals surface area contributed by atoms with Crippen LogP contribution >= 0.6 is 0 Å². The standard InChI is InChI=1S/C15H16N2O4/c1-17-9-10(4-7-14(17)18)15(19)16-11-5-6-12(20-2)13(8-11)21-3/h4-9H,1-3H3,(H,16,19). The molecule has 0 atom stereocenters. The number of rotatable bonds is 4. The van der Waals surface area contributed by atoms with E-state index in [-0.39, 0.29) is 11.5 Å². The number of hydrogen-bond donors (Lipinski definition) is 1. The molecule has 0 aliphatic rings. The van der Waals surface area contributed by atoms with E-state index in [1.54, 1.807) is 32.4 Å². The van der Waals surface area contributed by atoms with Crippen LogP contribution in [0.4, 0.5) is 5.69 Å². The van der Waals surface area contributed by atoms with Crippen molar-refractivity contribution < 1.29 is 14.3 Å². The van der Waals surface area contributed by atoms with Crippen LogP contribution in [0.3, 0.4) is 0 Å². The highest BCUT2D eigenvalue weighted by Gasteiger charge is 2.10. The zero-order valence-corrected chi connectivity index (χ0v) is 12.0. The van der Waals surface area contributed by atoms with Gasteiger partial charge >= 0.3 is 0 Å². The average molecular weight is 288 g/mol. The summed E-state index contributed by atoms with van der Waals surface area (Å²) in [6, 6.07) is 7.91. The summed E-state index contributed by atoms with van der Waals surface area (Å²) < 4.78 is 11.7. The van der Waals surface area contributed by atoms with Gasteiger partial charge < -0.3 is 19.4 Å². The maximum Gasteiger partial charge on any atom is 0.257 e. The predicted octanol–water partition coefficient (Wildman–Crippen LogP) is 1.65. The van der Waals surface area contributed by atoms with E-state index in [2.05, 4.69) is 5.32 Å². The maximum atomic E-state index is 12.1. The van der Waals surface area contributed by atoms with Crippen molar-refractivity contribution in [3.8, 4) is 11.5 Å². The molecule has 0 fully saturated rings. The number of pyridine rings is 1.